The molecule has 1 nitrogen and oxygen atoms in total. The fourth-order valence-electron chi connectivity index (χ4n) is 3.57. The molecule has 4 unspecified atom stereocenters. The molecule has 0 radical (unpaired) electrons. The van der Waals surface area contributed by atoms with Crippen LogP contribution in [0, 0.1) is 23.7 Å². The smallest absolute Gasteiger partial charge is 0.0892 e. The second-order valence-corrected chi connectivity index (χ2v) is 4.42. The lowest BCUT2D eigenvalue weighted by Gasteiger charge is -2.32. The average molecular weight is 162 g/mol. The van der Waals surface area contributed by atoms with E-state index in [0.29, 0.717) is 23.7 Å². The maximum atomic E-state index is 10.3. The van der Waals surface area contributed by atoms with Gasteiger partial charge in [0.05, 0.1) is 5.60 Å². The lowest BCUT2D eigenvalue weighted by atomic mass is 9.72. The van der Waals surface area contributed by atoms with Gasteiger partial charge in [-0.1, -0.05) is 18.2 Å². The van der Waals surface area contributed by atoms with Crippen LogP contribution >= 0.6 is 0 Å². The molecule has 0 aromatic carbocycles. The summed E-state index contributed by atoms with van der Waals surface area (Å²) in [5.41, 5.74) is -0.529. The first-order valence-electron chi connectivity index (χ1n) is 4.81. The molecule has 12 heavy (non-hydrogen) atoms. The predicted octanol–water partition coefficient (Wildman–Crippen LogP) is 1.75. The van der Waals surface area contributed by atoms with E-state index >= 15 is 0 Å². The summed E-state index contributed by atoms with van der Waals surface area (Å²) < 4.78 is 0. The maximum absolute atomic E-state index is 10.3. The van der Waals surface area contributed by atoms with E-state index < -0.39 is 5.60 Å². The second kappa shape index (κ2) is 1.85. The highest BCUT2D eigenvalue weighted by atomic mass is 16.3. The number of allylic oxidation sites excluding steroid dienone is 2. The number of aliphatic hydroxyl groups is 1. The van der Waals surface area contributed by atoms with Crippen molar-refractivity contribution in [3.63, 3.8) is 0 Å². The Hall–Kier alpha value is -0.560. The van der Waals surface area contributed by atoms with E-state index in [1.807, 2.05) is 0 Å². The zero-order valence-corrected chi connectivity index (χ0v) is 7.11. The van der Waals surface area contributed by atoms with Gasteiger partial charge in [-0.3, -0.25) is 0 Å². The zero-order valence-electron chi connectivity index (χ0n) is 7.11. The maximum Gasteiger partial charge on any atom is 0.0892 e. The molecule has 0 spiro atoms. The van der Waals surface area contributed by atoms with Gasteiger partial charge in [0, 0.05) is 0 Å². The minimum atomic E-state index is -0.529. The Morgan fingerprint density at radius 3 is 2.08 bits per heavy atom. The van der Waals surface area contributed by atoms with Gasteiger partial charge in [-0.2, -0.15) is 0 Å². The van der Waals surface area contributed by atoms with Gasteiger partial charge in [0.15, 0.2) is 0 Å². The zero-order chi connectivity index (χ0) is 8.34. The van der Waals surface area contributed by atoms with Gasteiger partial charge in [0.1, 0.15) is 0 Å². The van der Waals surface area contributed by atoms with Crippen LogP contribution in [0.1, 0.15) is 12.8 Å². The first kappa shape index (κ1) is 6.90. The average Bonchev–Trinajstić information content (AvgIpc) is 2.38. The summed E-state index contributed by atoms with van der Waals surface area (Å²) in [5.74, 6) is 2.31. The Bertz CT molecular complexity index is 246. The highest BCUT2D eigenvalue weighted by Crippen LogP contribution is 2.62. The standard InChI is InChI=1S/C11H14O/c1-2-11(12)9-5-6-10(11)8-4-3-7(8)9/h2-4,7-10,12H,1,5-6H2. The van der Waals surface area contributed by atoms with E-state index in [-0.39, 0.29) is 0 Å². The summed E-state index contributed by atoms with van der Waals surface area (Å²) in [4.78, 5) is 0. The molecule has 2 bridgehead atoms. The number of rotatable bonds is 1. The fourth-order valence-corrected chi connectivity index (χ4v) is 3.57. The van der Waals surface area contributed by atoms with E-state index in [9.17, 15) is 5.11 Å². The van der Waals surface area contributed by atoms with Crippen molar-refractivity contribution in [1.82, 2.24) is 0 Å². The SMILES string of the molecule is C=CC1(O)C2CCC1C1C=CC12. The molecule has 1 N–H and O–H groups in total. The van der Waals surface area contributed by atoms with Crippen molar-refractivity contribution >= 4 is 0 Å². The molecular weight excluding hydrogens is 148 g/mol. The van der Waals surface area contributed by atoms with E-state index in [1.165, 1.54) is 12.8 Å². The van der Waals surface area contributed by atoms with E-state index in [1.54, 1.807) is 6.08 Å². The molecule has 0 aromatic heterocycles. The van der Waals surface area contributed by atoms with E-state index in [0.717, 1.165) is 0 Å². The molecule has 0 amide bonds. The number of fused-ring (bicyclic) bond motifs is 5. The predicted molar refractivity (Wildman–Crippen MR) is 47.5 cm³/mol. The molecule has 0 heterocycles. The van der Waals surface area contributed by atoms with Gasteiger partial charge in [0.2, 0.25) is 0 Å². The fraction of sp³-hybridized carbons (Fsp3) is 0.636. The topological polar surface area (TPSA) is 20.2 Å². The third-order valence-electron chi connectivity index (χ3n) is 4.23. The van der Waals surface area contributed by atoms with Crippen LogP contribution in [0.15, 0.2) is 24.8 Å². The highest BCUT2D eigenvalue weighted by molar-refractivity contribution is 5.29. The normalized spacial score (nSPS) is 59.8. The Balaban J connectivity index is 2.07. The van der Waals surface area contributed by atoms with Gasteiger partial charge < -0.3 is 5.11 Å². The molecule has 3 aliphatic carbocycles. The van der Waals surface area contributed by atoms with Crippen LogP contribution in [0.25, 0.3) is 0 Å². The van der Waals surface area contributed by atoms with Gasteiger partial charge in [-0.25, -0.2) is 0 Å². The third-order valence-corrected chi connectivity index (χ3v) is 4.23. The monoisotopic (exact) mass is 162 g/mol. The van der Waals surface area contributed by atoms with Crippen LogP contribution in [0.2, 0.25) is 0 Å². The van der Waals surface area contributed by atoms with Crippen molar-refractivity contribution in [3.05, 3.63) is 24.8 Å². The van der Waals surface area contributed by atoms with Crippen molar-refractivity contribution in [1.29, 1.82) is 0 Å². The van der Waals surface area contributed by atoms with Gasteiger partial charge in [-0.05, 0) is 36.5 Å². The first-order chi connectivity index (χ1) is 5.77. The summed E-state index contributed by atoms with van der Waals surface area (Å²) in [7, 11) is 0. The van der Waals surface area contributed by atoms with E-state index in [4.69, 9.17) is 0 Å². The third kappa shape index (κ3) is 0.506. The van der Waals surface area contributed by atoms with Crippen molar-refractivity contribution in [2.24, 2.45) is 23.7 Å². The van der Waals surface area contributed by atoms with Gasteiger partial charge in [-0.15, -0.1) is 6.58 Å². The minimum Gasteiger partial charge on any atom is -0.385 e. The van der Waals surface area contributed by atoms with Crippen LogP contribution in [0.4, 0.5) is 0 Å². The van der Waals surface area contributed by atoms with Crippen LogP contribution in [0.3, 0.4) is 0 Å². The van der Waals surface area contributed by atoms with Crippen molar-refractivity contribution in [2.45, 2.75) is 18.4 Å². The molecule has 4 atom stereocenters. The summed E-state index contributed by atoms with van der Waals surface area (Å²) in [6.07, 6.45) is 8.71. The second-order valence-electron chi connectivity index (χ2n) is 4.42. The molecule has 0 aliphatic heterocycles. The van der Waals surface area contributed by atoms with Crippen molar-refractivity contribution in [3.8, 4) is 0 Å². The van der Waals surface area contributed by atoms with Gasteiger partial charge >= 0.3 is 0 Å². The largest absolute Gasteiger partial charge is 0.385 e. The van der Waals surface area contributed by atoms with Crippen LogP contribution in [0.5, 0.6) is 0 Å². The Morgan fingerprint density at radius 1 is 1.25 bits per heavy atom. The summed E-state index contributed by atoms with van der Waals surface area (Å²) in [5, 5.41) is 10.3. The van der Waals surface area contributed by atoms with Crippen molar-refractivity contribution < 1.29 is 5.11 Å². The molecule has 64 valence electrons. The molecule has 0 aromatic rings. The summed E-state index contributed by atoms with van der Waals surface area (Å²) >= 11 is 0. The lowest BCUT2D eigenvalue weighted by molar-refractivity contribution is 0.0398. The quantitative estimate of drug-likeness (QED) is 0.582. The molecule has 2 saturated carbocycles. The molecule has 3 aliphatic rings. The Kier molecular flexibility index (Phi) is 1.06. The molecule has 3 rings (SSSR count). The minimum absolute atomic E-state index is 0.481. The van der Waals surface area contributed by atoms with Crippen LogP contribution < -0.4 is 0 Å². The summed E-state index contributed by atoms with van der Waals surface area (Å²) in [6.45, 7) is 3.77. The highest BCUT2D eigenvalue weighted by Gasteiger charge is 2.62. The van der Waals surface area contributed by atoms with Gasteiger partial charge in [0.25, 0.3) is 0 Å². The first-order valence-corrected chi connectivity index (χ1v) is 4.81. The van der Waals surface area contributed by atoms with Crippen LogP contribution in [-0.4, -0.2) is 10.7 Å². The molecule has 2 fully saturated rings. The molecule has 0 saturated heterocycles. The molecule has 1 heteroatoms. The van der Waals surface area contributed by atoms with Crippen LogP contribution in [-0.2, 0) is 0 Å². The van der Waals surface area contributed by atoms with E-state index in [2.05, 4.69) is 18.7 Å². The lowest BCUT2D eigenvalue weighted by Crippen LogP contribution is -2.32. The Labute approximate surface area is 72.8 Å². The Morgan fingerprint density at radius 2 is 1.75 bits per heavy atom. The van der Waals surface area contributed by atoms with Crippen molar-refractivity contribution in [2.75, 3.05) is 0 Å². The number of hydrogen-bond acceptors (Lipinski definition) is 1. The molecular formula is C11H14O. The number of hydrogen-bond donors (Lipinski definition) is 1. The summed E-state index contributed by atoms with van der Waals surface area (Å²) in [6, 6.07) is 0.